The molecule has 3 aromatic heterocycles. The second-order valence-electron chi connectivity index (χ2n) is 6.16. The van der Waals surface area contributed by atoms with Crippen LogP contribution in [0.2, 0.25) is 0 Å². The number of nitrogens with two attached hydrogens (primary N) is 1. The van der Waals surface area contributed by atoms with Crippen molar-refractivity contribution in [2.75, 3.05) is 12.3 Å². The van der Waals surface area contributed by atoms with Gasteiger partial charge in [-0.1, -0.05) is 0 Å². The van der Waals surface area contributed by atoms with Gasteiger partial charge in [-0.3, -0.25) is 9.78 Å². The third-order valence-electron chi connectivity index (χ3n) is 4.05. The van der Waals surface area contributed by atoms with Gasteiger partial charge in [-0.05, 0) is 25.1 Å². The quantitative estimate of drug-likeness (QED) is 0.376. The van der Waals surface area contributed by atoms with Gasteiger partial charge in [0.25, 0.3) is 0 Å². The summed E-state index contributed by atoms with van der Waals surface area (Å²) < 4.78 is 27.2. The number of carbonyl (C=O) groups is 1. The minimum absolute atomic E-state index is 0.0837. The van der Waals surface area contributed by atoms with Gasteiger partial charge in [0.1, 0.15) is 12.3 Å². The zero-order valence-corrected chi connectivity index (χ0v) is 16.3. The first-order valence-corrected chi connectivity index (χ1v) is 9.64. The smallest absolute Gasteiger partial charge is 0.325 e. The van der Waals surface area contributed by atoms with Crippen LogP contribution in [0.3, 0.4) is 0 Å². The van der Waals surface area contributed by atoms with Gasteiger partial charge in [0.15, 0.2) is 11.6 Å². The highest BCUT2D eigenvalue weighted by Gasteiger charge is 2.14. The maximum absolute atomic E-state index is 14.1. The van der Waals surface area contributed by atoms with E-state index in [4.69, 9.17) is 15.2 Å². The molecular weight excluding hydrogens is 395 g/mol. The van der Waals surface area contributed by atoms with Gasteiger partial charge in [0.2, 0.25) is 0 Å². The number of ether oxygens (including phenoxy) is 2. The molecule has 0 aliphatic rings. The molecule has 0 unspecified atom stereocenters. The third-order valence-corrected chi connectivity index (χ3v) is 5.22. The number of rotatable bonds is 6. The minimum atomic E-state index is -0.538. The Balaban J connectivity index is 1.62. The highest BCUT2D eigenvalue weighted by molar-refractivity contribution is 7.22. The summed E-state index contributed by atoms with van der Waals surface area (Å²) >= 11 is 1.42. The highest BCUT2D eigenvalue weighted by atomic mass is 32.1. The summed E-state index contributed by atoms with van der Waals surface area (Å²) in [5, 5.41) is 0. The van der Waals surface area contributed by atoms with Crippen LogP contribution in [0.25, 0.3) is 20.8 Å². The summed E-state index contributed by atoms with van der Waals surface area (Å²) in [4.78, 5) is 21.2. The molecular formula is C20H17FN4O3S. The maximum atomic E-state index is 14.1. The van der Waals surface area contributed by atoms with Crippen molar-refractivity contribution in [3.05, 3.63) is 54.9 Å². The van der Waals surface area contributed by atoms with Crippen molar-refractivity contribution < 1.29 is 18.7 Å². The first-order valence-electron chi connectivity index (χ1n) is 8.82. The van der Waals surface area contributed by atoms with Crippen LogP contribution in [0.15, 0.2) is 49.1 Å². The Hall–Kier alpha value is -3.46. The molecule has 7 nitrogen and oxygen atoms in total. The Kier molecular flexibility index (Phi) is 5.13. The first kappa shape index (κ1) is 18.9. The number of nitrogens with zero attached hydrogens (tertiary/aromatic N) is 3. The zero-order chi connectivity index (χ0) is 20.4. The minimum Gasteiger partial charge on any atom is -0.465 e. The molecule has 0 bridgehead atoms. The molecule has 0 aliphatic carbocycles. The summed E-state index contributed by atoms with van der Waals surface area (Å²) in [6.45, 7) is 2.19. The molecule has 3 heterocycles. The van der Waals surface area contributed by atoms with E-state index in [0.29, 0.717) is 29.3 Å². The fourth-order valence-corrected chi connectivity index (χ4v) is 3.80. The highest BCUT2D eigenvalue weighted by Crippen LogP contribution is 2.39. The number of carbonyl (C=O) groups excluding carboxylic acids is 1. The van der Waals surface area contributed by atoms with Crippen molar-refractivity contribution in [3.63, 3.8) is 0 Å². The molecule has 0 aliphatic heterocycles. The van der Waals surface area contributed by atoms with Crippen LogP contribution < -0.4 is 10.5 Å². The number of esters is 1. The lowest BCUT2D eigenvalue weighted by Gasteiger charge is -2.07. The molecule has 4 aromatic rings. The molecule has 0 spiro atoms. The van der Waals surface area contributed by atoms with Crippen LogP contribution in [0.5, 0.6) is 11.5 Å². The number of nitrogen functional groups attached to an aromatic ring is 1. The molecule has 9 heteroatoms. The topological polar surface area (TPSA) is 92.3 Å². The van der Waals surface area contributed by atoms with Crippen molar-refractivity contribution in [1.82, 2.24) is 14.5 Å². The summed E-state index contributed by atoms with van der Waals surface area (Å²) in [5.41, 5.74) is 7.32. The number of pyridine rings is 1. The Bertz CT molecular complexity index is 1190. The summed E-state index contributed by atoms with van der Waals surface area (Å²) in [5.74, 6) is -0.290. The molecule has 4 rings (SSSR count). The largest absolute Gasteiger partial charge is 0.465 e. The molecule has 29 heavy (non-hydrogen) atoms. The number of fused-ring (bicyclic) bond motifs is 1. The molecule has 148 valence electrons. The molecule has 0 fully saturated rings. The number of hydrogen-bond donors (Lipinski definition) is 1. The van der Waals surface area contributed by atoms with E-state index < -0.39 is 5.82 Å². The number of hydrogen-bond acceptors (Lipinski definition) is 7. The van der Waals surface area contributed by atoms with E-state index in [1.54, 1.807) is 42.3 Å². The van der Waals surface area contributed by atoms with E-state index in [2.05, 4.69) is 9.97 Å². The van der Waals surface area contributed by atoms with Crippen LogP contribution in [0.4, 0.5) is 10.1 Å². The lowest BCUT2D eigenvalue weighted by atomic mass is 10.3. The van der Waals surface area contributed by atoms with Crippen LogP contribution in [-0.4, -0.2) is 27.1 Å². The van der Waals surface area contributed by atoms with Gasteiger partial charge in [-0.2, -0.15) is 0 Å². The van der Waals surface area contributed by atoms with Gasteiger partial charge in [-0.15, -0.1) is 11.3 Å². The monoisotopic (exact) mass is 412 g/mol. The van der Waals surface area contributed by atoms with Crippen molar-refractivity contribution >= 4 is 33.2 Å². The first-order chi connectivity index (χ1) is 14.0. The van der Waals surface area contributed by atoms with Gasteiger partial charge < -0.3 is 19.8 Å². The number of thiophene rings is 1. The average Bonchev–Trinajstić information content (AvgIpc) is 3.31. The fraction of sp³-hybridized carbons (Fsp3) is 0.150. The number of halogens is 1. The molecule has 2 N–H and O–H groups in total. The van der Waals surface area contributed by atoms with E-state index >= 15 is 0 Å². The zero-order valence-electron chi connectivity index (χ0n) is 15.5. The van der Waals surface area contributed by atoms with Gasteiger partial charge in [-0.25, -0.2) is 9.37 Å². The maximum Gasteiger partial charge on any atom is 0.325 e. The fourth-order valence-electron chi connectivity index (χ4n) is 2.77. The number of imidazole rings is 1. The van der Waals surface area contributed by atoms with E-state index in [-0.39, 0.29) is 18.3 Å². The lowest BCUT2D eigenvalue weighted by Crippen LogP contribution is -2.11. The summed E-state index contributed by atoms with van der Waals surface area (Å²) in [7, 11) is 0. The Morgan fingerprint density at radius 2 is 2.10 bits per heavy atom. The Morgan fingerprint density at radius 3 is 2.90 bits per heavy atom. The number of benzene rings is 1. The summed E-state index contributed by atoms with van der Waals surface area (Å²) in [6.07, 6.45) is 4.94. The standard InChI is InChI=1S/C20H17FN4O3S/c1-2-27-19(26)10-25-9-15(24-11-25)18-8-14-20(29-18)17(5-6-23-14)28-16-4-3-12(22)7-13(16)21/h3-9,11H,2,10,22H2,1H3. The van der Waals surface area contributed by atoms with E-state index in [9.17, 15) is 9.18 Å². The van der Waals surface area contributed by atoms with Crippen molar-refractivity contribution in [2.45, 2.75) is 13.5 Å². The molecule has 0 amide bonds. The molecule has 0 saturated heterocycles. The van der Waals surface area contributed by atoms with Gasteiger partial charge >= 0.3 is 5.97 Å². The Labute approximate surface area is 169 Å². The van der Waals surface area contributed by atoms with Crippen LogP contribution in [-0.2, 0) is 16.1 Å². The van der Waals surface area contributed by atoms with Crippen LogP contribution >= 0.6 is 11.3 Å². The van der Waals surface area contributed by atoms with E-state index in [1.807, 2.05) is 6.07 Å². The lowest BCUT2D eigenvalue weighted by molar-refractivity contribution is -0.143. The molecule has 0 saturated carbocycles. The third kappa shape index (κ3) is 4.04. The second kappa shape index (κ2) is 7.88. The second-order valence-corrected chi connectivity index (χ2v) is 7.21. The molecule has 1 aromatic carbocycles. The number of aromatic nitrogens is 3. The van der Waals surface area contributed by atoms with Crippen molar-refractivity contribution in [2.24, 2.45) is 0 Å². The summed E-state index contributed by atoms with van der Waals surface area (Å²) in [6, 6.07) is 7.83. The number of anilines is 1. The van der Waals surface area contributed by atoms with Crippen LogP contribution in [0, 0.1) is 5.82 Å². The van der Waals surface area contributed by atoms with E-state index in [0.717, 1.165) is 9.58 Å². The van der Waals surface area contributed by atoms with Crippen molar-refractivity contribution in [3.8, 4) is 22.1 Å². The van der Waals surface area contributed by atoms with Gasteiger partial charge in [0, 0.05) is 30.2 Å². The Morgan fingerprint density at radius 1 is 1.24 bits per heavy atom. The van der Waals surface area contributed by atoms with Crippen molar-refractivity contribution in [1.29, 1.82) is 0 Å². The predicted octanol–water partition coefficient (Wildman–Crippen LogP) is 4.24. The molecule has 0 atom stereocenters. The molecule has 0 radical (unpaired) electrons. The van der Waals surface area contributed by atoms with Gasteiger partial charge in [0.05, 0.1) is 33.7 Å². The average molecular weight is 412 g/mol. The normalized spacial score (nSPS) is 11.0. The van der Waals surface area contributed by atoms with Crippen LogP contribution in [0.1, 0.15) is 6.92 Å². The SMILES string of the molecule is CCOC(=O)Cn1cnc(-c2cc3nccc(Oc4ccc(N)cc4F)c3s2)c1. The predicted molar refractivity (Wildman–Crippen MR) is 108 cm³/mol. The van der Waals surface area contributed by atoms with E-state index in [1.165, 1.54) is 23.5 Å².